The highest BCUT2D eigenvalue weighted by Gasteiger charge is 2.15. The predicted octanol–water partition coefficient (Wildman–Crippen LogP) is 1.84. The summed E-state index contributed by atoms with van der Waals surface area (Å²) in [6.07, 6.45) is 4.56. The molecule has 3 N–H and O–H groups in total. The molecule has 0 bridgehead atoms. The van der Waals surface area contributed by atoms with E-state index in [-0.39, 0.29) is 12.4 Å². The van der Waals surface area contributed by atoms with Crippen molar-refractivity contribution in [3.63, 3.8) is 0 Å². The molecule has 0 radical (unpaired) electrons. The molecule has 0 spiro atoms. The zero-order valence-electron chi connectivity index (χ0n) is 9.12. The average molecular weight is 230 g/mol. The Hall–Kier alpha value is -0.510. The van der Waals surface area contributed by atoms with Crippen LogP contribution < -0.4 is 10.6 Å². The lowest BCUT2D eigenvalue weighted by Crippen LogP contribution is -2.44. The molecule has 1 saturated heterocycles. The summed E-state index contributed by atoms with van der Waals surface area (Å²) < 4.78 is 0. The van der Waals surface area contributed by atoms with Gasteiger partial charge in [-0.05, 0) is 38.4 Å². The molecule has 2 unspecified atom stereocenters. The zero-order valence-corrected chi connectivity index (χ0v) is 9.94. The second kappa shape index (κ2) is 6.16. The molecule has 0 saturated carbocycles. The lowest BCUT2D eigenvalue weighted by Gasteiger charge is -2.26. The van der Waals surface area contributed by atoms with Gasteiger partial charge in [-0.25, -0.2) is 0 Å². The summed E-state index contributed by atoms with van der Waals surface area (Å²) in [4.78, 5) is 3.24. The Morgan fingerprint density at radius 2 is 2.40 bits per heavy atom. The van der Waals surface area contributed by atoms with Crippen LogP contribution in [0.3, 0.4) is 0 Å². The van der Waals surface area contributed by atoms with E-state index in [9.17, 15) is 0 Å². The summed E-state index contributed by atoms with van der Waals surface area (Å²) in [7, 11) is 0. The third-order valence-electron chi connectivity index (χ3n) is 2.87. The maximum atomic E-state index is 3.63. The van der Waals surface area contributed by atoms with Crippen LogP contribution in [-0.2, 0) is 0 Å². The van der Waals surface area contributed by atoms with Gasteiger partial charge in [0.05, 0.1) is 0 Å². The Morgan fingerprint density at radius 3 is 3.00 bits per heavy atom. The molecule has 2 heterocycles. The van der Waals surface area contributed by atoms with Crippen molar-refractivity contribution in [3.05, 3.63) is 24.0 Å². The standard InChI is InChI=1S/C11H19N3.ClH/c1-9(11-5-3-7-13-11)14-10-4-2-6-12-8-10;/h3,5,7,9-10,12-14H,2,4,6,8H2,1H3;1H. The highest BCUT2D eigenvalue weighted by molar-refractivity contribution is 5.85. The number of aromatic amines is 1. The van der Waals surface area contributed by atoms with Crippen molar-refractivity contribution < 1.29 is 0 Å². The number of halogens is 1. The fourth-order valence-corrected chi connectivity index (χ4v) is 2.05. The molecular formula is C11H20ClN3. The molecule has 0 amide bonds. The van der Waals surface area contributed by atoms with Crippen molar-refractivity contribution >= 4 is 12.4 Å². The van der Waals surface area contributed by atoms with Crippen LogP contribution in [0.4, 0.5) is 0 Å². The van der Waals surface area contributed by atoms with Crippen molar-refractivity contribution in [2.75, 3.05) is 13.1 Å². The molecule has 1 aromatic rings. The highest BCUT2D eigenvalue weighted by atomic mass is 35.5. The summed E-state index contributed by atoms with van der Waals surface area (Å²) in [5.41, 5.74) is 1.27. The predicted molar refractivity (Wildman–Crippen MR) is 65.5 cm³/mol. The van der Waals surface area contributed by atoms with Gasteiger partial charge in [0.25, 0.3) is 0 Å². The minimum atomic E-state index is 0. The minimum Gasteiger partial charge on any atom is -0.364 e. The lowest BCUT2D eigenvalue weighted by atomic mass is 10.1. The SMILES string of the molecule is CC(NC1CCCNC1)c1ccc[nH]1.Cl. The van der Waals surface area contributed by atoms with Gasteiger partial charge >= 0.3 is 0 Å². The van der Waals surface area contributed by atoms with E-state index in [2.05, 4.69) is 28.6 Å². The number of hydrogen-bond acceptors (Lipinski definition) is 2. The Labute approximate surface area is 97.4 Å². The van der Waals surface area contributed by atoms with E-state index in [1.165, 1.54) is 25.1 Å². The third-order valence-corrected chi connectivity index (χ3v) is 2.87. The number of piperidine rings is 1. The largest absolute Gasteiger partial charge is 0.364 e. The first kappa shape index (κ1) is 12.6. The van der Waals surface area contributed by atoms with Crippen LogP contribution in [0.15, 0.2) is 18.3 Å². The number of hydrogen-bond donors (Lipinski definition) is 3. The fourth-order valence-electron chi connectivity index (χ4n) is 2.05. The molecule has 0 aliphatic carbocycles. The van der Waals surface area contributed by atoms with Crippen LogP contribution in [0, 0.1) is 0 Å². The summed E-state index contributed by atoms with van der Waals surface area (Å²) in [6, 6.07) is 5.23. The van der Waals surface area contributed by atoms with Crippen LogP contribution >= 0.6 is 12.4 Å². The van der Waals surface area contributed by atoms with E-state index in [4.69, 9.17) is 0 Å². The molecule has 3 nitrogen and oxygen atoms in total. The monoisotopic (exact) mass is 229 g/mol. The van der Waals surface area contributed by atoms with E-state index in [0.717, 1.165) is 6.54 Å². The molecular weight excluding hydrogens is 210 g/mol. The molecule has 15 heavy (non-hydrogen) atoms. The van der Waals surface area contributed by atoms with Crippen molar-refractivity contribution in [2.45, 2.75) is 31.8 Å². The quantitative estimate of drug-likeness (QED) is 0.740. The van der Waals surface area contributed by atoms with Crippen molar-refractivity contribution in [2.24, 2.45) is 0 Å². The molecule has 1 aliphatic heterocycles. The van der Waals surface area contributed by atoms with Crippen molar-refractivity contribution in [3.8, 4) is 0 Å². The summed E-state index contributed by atoms with van der Waals surface area (Å²) in [5.74, 6) is 0. The molecule has 1 fully saturated rings. The van der Waals surface area contributed by atoms with Gasteiger partial charge in [-0.2, -0.15) is 0 Å². The number of aromatic nitrogens is 1. The Kier molecular flexibility index (Phi) is 5.15. The molecule has 86 valence electrons. The summed E-state index contributed by atoms with van der Waals surface area (Å²) >= 11 is 0. The van der Waals surface area contributed by atoms with Crippen LogP contribution in [0.25, 0.3) is 0 Å². The van der Waals surface area contributed by atoms with Gasteiger partial charge in [-0.3, -0.25) is 0 Å². The van der Waals surface area contributed by atoms with E-state index in [0.29, 0.717) is 12.1 Å². The van der Waals surface area contributed by atoms with E-state index in [1.54, 1.807) is 0 Å². The maximum Gasteiger partial charge on any atom is 0.0446 e. The van der Waals surface area contributed by atoms with Gasteiger partial charge < -0.3 is 15.6 Å². The molecule has 2 atom stereocenters. The maximum absolute atomic E-state index is 3.63. The van der Waals surface area contributed by atoms with E-state index in [1.807, 2.05) is 12.3 Å². The second-order valence-corrected chi connectivity index (χ2v) is 4.06. The summed E-state index contributed by atoms with van der Waals surface area (Å²) in [5, 5.41) is 7.04. The number of H-pyrrole nitrogens is 1. The minimum absolute atomic E-state index is 0. The van der Waals surface area contributed by atoms with E-state index < -0.39 is 0 Å². The van der Waals surface area contributed by atoms with Crippen LogP contribution in [0.5, 0.6) is 0 Å². The first-order valence-electron chi connectivity index (χ1n) is 5.46. The van der Waals surface area contributed by atoms with Gasteiger partial charge in [0.1, 0.15) is 0 Å². The smallest absolute Gasteiger partial charge is 0.0446 e. The van der Waals surface area contributed by atoms with Gasteiger partial charge in [0.15, 0.2) is 0 Å². The van der Waals surface area contributed by atoms with Crippen LogP contribution in [0.2, 0.25) is 0 Å². The van der Waals surface area contributed by atoms with Gasteiger partial charge in [-0.15, -0.1) is 12.4 Å². The normalized spacial score (nSPS) is 23.1. The lowest BCUT2D eigenvalue weighted by molar-refractivity contribution is 0.360. The Balaban J connectivity index is 0.00000112. The van der Waals surface area contributed by atoms with Crippen LogP contribution in [-0.4, -0.2) is 24.1 Å². The zero-order chi connectivity index (χ0) is 9.80. The number of nitrogens with one attached hydrogen (secondary N) is 3. The van der Waals surface area contributed by atoms with Gasteiger partial charge in [-0.1, -0.05) is 0 Å². The third kappa shape index (κ3) is 3.52. The number of rotatable bonds is 3. The Morgan fingerprint density at radius 1 is 1.53 bits per heavy atom. The second-order valence-electron chi connectivity index (χ2n) is 4.06. The first-order chi connectivity index (χ1) is 6.86. The molecule has 2 rings (SSSR count). The molecule has 4 heteroatoms. The topological polar surface area (TPSA) is 39.8 Å². The van der Waals surface area contributed by atoms with Gasteiger partial charge in [0, 0.05) is 30.5 Å². The van der Waals surface area contributed by atoms with Crippen molar-refractivity contribution in [1.82, 2.24) is 15.6 Å². The molecule has 1 aliphatic rings. The highest BCUT2D eigenvalue weighted by Crippen LogP contribution is 2.12. The fraction of sp³-hybridized carbons (Fsp3) is 0.636. The molecule has 1 aromatic heterocycles. The van der Waals surface area contributed by atoms with Crippen molar-refractivity contribution in [1.29, 1.82) is 0 Å². The Bertz CT molecular complexity index is 255. The molecule has 0 aromatic carbocycles. The first-order valence-corrected chi connectivity index (χ1v) is 5.46. The average Bonchev–Trinajstić information content (AvgIpc) is 2.72. The van der Waals surface area contributed by atoms with Crippen LogP contribution in [0.1, 0.15) is 31.5 Å². The van der Waals surface area contributed by atoms with Gasteiger partial charge in [0.2, 0.25) is 0 Å². The summed E-state index contributed by atoms with van der Waals surface area (Å²) in [6.45, 7) is 4.49. The van der Waals surface area contributed by atoms with E-state index >= 15 is 0 Å².